The highest BCUT2D eigenvalue weighted by molar-refractivity contribution is 6.01. The Labute approximate surface area is 202 Å². The summed E-state index contributed by atoms with van der Waals surface area (Å²) in [7, 11) is 1.46. The number of aliphatic hydroxyl groups is 1. The smallest absolute Gasteiger partial charge is 0.318 e. The molecule has 1 atom stereocenters. The van der Waals surface area contributed by atoms with E-state index in [0.29, 0.717) is 16.8 Å². The van der Waals surface area contributed by atoms with Crippen molar-refractivity contribution in [3.8, 4) is 23.0 Å². The average Bonchev–Trinajstić information content (AvgIpc) is 3.24. The predicted molar refractivity (Wildman–Crippen MR) is 132 cm³/mol. The second kappa shape index (κ2) is 8.02. The van der Waals surface area contributed by atoms with E-state index in [9.17, 15) is 10.2 Å². The molecule has 2 N–H and O–H groups in total. The van der Waals surface area contributed by atoms with E-state index >= 15 is 4.39 Å². The molecule has 2 aliphatic rings. The van der Waals surface area contributed by atoms with Crippen LogP contribution in [0.15, 0.2) is 36.5 Å². The lowest BCUT2D eigenvalue weighted by molar-refractivity contribution is 0.142. The molecule has 1 aliphatic heterocycles. The standard InChI is InChI=1S/C27H27FN4O3/c1-3-15-5-4-6-16-9-18(34)10-19(21(15)16)23-22(28)24-20(12-29-23)25(31-26(30-24)35-2)32-13-27(14-32)8-7-17(33)11-27/h4-6,9-10,12,17,33-34H,3,7-8,11,13-14H2,1-2H3. The minimum atomic E-state index is -0.575. The Bertz CT molecular complexity index is 1470. The van der Waals surface area contributed by atoms with Gasteiger partial charge in [-0.3, -0.25) is 4.98 Å². The largest absolute Gasteiger partial charge is 0.508 e. The summed E-state index contributed by atoms with van der Waals surface area (Å²) in [6, 6.07) is 9.17. The normalized spacial score (nSPS) is 19.0. The first kappa shape index (κ1) is 22.0. The third-order valence-corrected chi connectivity index (χ3v) is 7.54. The van der Waals surface area contributed by atoms with Crippen molar-refractivity contribution < 1.29 is 19.3 Å². The molecular weight excluding hydrogens is 447 g/mol. The molecular formula is C27H27FN4O3. The van der Waals surface area contributed by atoms with Crippen LogP contribution in [-0.4, -0.2) is 51.5 Å². The second-order valence-corrected chi connectivity index (χ2v) is 9.83. The summed E-state index contributed by atoms with van der Waals surface area (Å²) in [5.74, 6) is 0.0632. The average molecular weight is 475 g/mol. The predicted octanol–water partition coefficient (Wildman–Crippen LogP) is 4.61. The van der Waals surface area contributed by atoms with Gasteiger partial charge in [0, 0.05) is 30.3 Å². The number of hydrogen-bond acceptors (Lipinski definition) is 7. The van der Waals surface area contributed by atoms with Gasteiger partial charge in [0.05, 0.1) is 18.6 Å². The lowest BCUT2D eigenvalue weighted by Crippen LogP contribution is -2.55. The highest BCUT2D eigenvalue weighted by Gasteiger charge is 2.48. The minimum absolute atomic E-state index is 0.0487. The van der Waals surface area contributed by atoms with Crippen LogP contribution in [0.3, 0.4) is 0 Å². The molecule has 2 aromatic heterocycles. The first-order valence-electron chi connectivity index (χ1n) is 12.0. The van der Waals surface area contributed by atoms with Crippen LogP contribution in [-0.2, 0) is 6.42 Å². The van der Waals surface area contributed by atoms with E-state index in [1.165, 1.54) is 7.11 Å². The molecule has 1 unspecified atom stereocenters. The summed E-state index contributed by atoms with van der Waals surface area (Å²) in [5, 5.41) is 22.6. The van der Waals surface area contributed by atoms with Gasteiger partial charge >= 0.3 is 6.01 Å². The molecule has 0 amide bonds. The van der Waals surface area contributed by atoms with Crippen molar-refractivity contribution in [2.75, 3.05) is 25.1 Å². The number of anilines is 1. The van der Waals surface area contributed by atoms with Crippen LogP contribution in [0.25, 0.3) is 32.9 Å². The van der Waals surface area contributed by atoms with Gasteiger partial charge in [-0.05, 0) is 54.2 Å². The highest BCUT2D eigenvalue weighted by atomic mass is 19.1. The number of phenolic OH excluding ortho intramolecular Hbond substituents is 1. The SMILES string of the molecule is CCc1cccc2cc(O)cc(-c3ncc4c(N5CC6(CCC(O)C6)C5)nc(OC)nc4c3F)c12. The maximum absolute atomic E-state index is 16.1. The Balaban J connectivity index is 1.51. The molecule has 3 heterocycles. The first-order valence-corrected chi connectivity index (χ1v) is 12.0. The van der Waals surface area contributed by atoms with E-state index in [1.807, 2.05) is 25.1 Å². The summed E-state index contributed by atoms with van der Waals surface area (Å²) < 4.78 is 21.5. The van der Waals surface area contributed by atoms with Gasteiger partial charge in [0.1, 0.15) is 22.8 Å². The number of phenols is 1. The number of fused-ring (bicyclic) bond motifs is 2. The van der Waals surface area contributed by atoms with Crippen LogP contribution in [0.2, 0.25) is 0 Å². The van der Waals surface area contributed by atoms with Crippen molar-refractivity contribution in [3.63, 3.8) is 0 Å². The van der Waals surface area contributed by atoms with E-state index in [1.54, 1.807) is 18.3 Å². The van der Waals surface area contributed by atoms with Gasteiger partial charge in [0.25, 0.3) is 0 Å². The summed E-state index contributed by atoms with van der Waals surface area (Å²) in [5.41, 5.74) is 1.93. The van der Waals surface area contributed by atoms with Crippen molar-refractivity contribution in [1.82, 2.24) is 15.0 Å². The van der Waals surface area contributed by atoms with Crippen LogP contribution < -0.4 is 9.64 Å². The third-order valence-electron chi connectivity index (χ3n) is 7.54. The quantitative estimate of drug-likeness (QED) is 0.446. The highest BCUT2D eigenvalue weighted by Crippen LogP contribution is 2.48. The van der Waals surface area contributed by atoms with Gasteiger partial charge < -0.3 is 19.8 Å². The number of aromatic nitrogens is 3. The molecule has 1 saturated heterocycles. The van der Waals surface area contributed by atoms with E-state index in [0.717, 1.165) is 55.1 Å². The van der Waals surface area contributed by atoms with Crippen molar-refractivity contribution in [2.24, 2.45) is 5.41 Å². The molecule has 1 saturated carbocycles. The topological polar surface area (TPSA) is 91.6 Å². The lowest BCUT2D eigenvalue weighted by Gasteiger charge is -2.49. The Morgan fingerprint density at radius 2 is 2.06 bits per heavy atom. The van der Waals surface area contributed by atoms with Gasteiger partial charge in [-0.15, -0.1) is 0 Å². The van der Waals surface area contributed by atoms with Gasteiger partial charge in [0.15, 0.2) is 5.82 Å². The number of halogens is 1. The molecule has 180 valence electrons. The van der Waals surface area contributed by atoms with Gasteiger partial charge in [-0.2, -0.15) is 9.97 Å². The van der Waals surface area contributed by atoms with Crippen LogP contribution in [0.5, 0.6) is 11.8 Å². The zero-order chi connectivity index (χ0) is 24.3. The van der Waals surface area contributed by atoms with Crippen LogP contribution in [0.1, 0.15) is 31.7 Å². The molecule has 8 heteroatoms. The molecule has 7 nitrogen and oxygen atoms in total. The maximum Gasteiger partial charge on any atom is 0.318 e. The van der Waals surface area contributed by atoms with E-state index < -0.39 is 5.82 Å². The number of pyridine rings is 1. The third kappa shape index (κ3) is 3.46. The monoisotopic (exact) mass is 474 g/mol. The number of aromatic hydroxyl groups is 1. The van der Waals surface area contributed by atoms with Gasteiger partial charge in [0.2, 0.25) is 0 Å². The first-order chi connectivity index (χ1) is 16.9. The molecule has 35 heavy (non-hydrogen) atoms. The van der Waals surface area contributed by atoms with Gasteiger partial charge in [-0.1, -0.05) is 25.1 Å². The van der Waals surface area contributed by atoms with Crippen molar-refractivity contribution in [1.29, 1.82) is 0 Å². The number of hydrogen-bond donors (Lipinski definition) is 2. The molecule has 1 spiro atoms. The van der Waals surface area contributed by atoms with Crippen LogP contribution in [0.4, 0.5) is 10.2 Å². The minimum Gasteiger partial charge on any atom is -0.508 e. The van der Waals surface area contributed by atoms with Crippen LogP contribution in [0, 0.1) is 11.2 Å². The Morgan fingerprint density at radius 3 is 2.77 bits per heavy atom. The number of benzene rings is 2. The fraction of sp³-hybridized carbons (Fsp3) is 0.370. The number of nitrogens with zero attached hydrogens (tertiary/aromatic N) is 4. The summed E-state index contributed by atoms with van der Waals surface area (Å²) >= 11 is 0. The zero-order valence-electron chi connectivity index (χ0n) is 19.8. The van der Waals surface area contributed by atoms with Crippen LogP contribution >= 0.6 is 0 Å². The van der Waals surface area contributed by atoms with Crippen molar-refractivity contribution in [3.05, 3.63) is 47.9 Å². The molecule has 6 rings (SSSR count). The fourth-order valence-corrected chi connectivity index (χ4v) is 5.89. The number of ether oxygens (including phenoxy) is 1. The Hall–Kier alpha value is -3.52. The molecule has 2 fully saturated rings. The zero-order valence-corrected chi connectivity index (χ0v) is 19.8. The number of aliphatic hydroxyl groups excluding tert-OH is 1. The van der Waals surface area contributed by atoms with Crippen molar-refractivity contribution in [2.45, 2.75) is 38.7 Å². The summed E-state index contributed by atoms with van der Waals surface area (Å²) in [6.07, 6.45) is 4.70. The van der Waals surface area contributed by atoms with E-state index in [4.69, 9.17) is 4.74 Å². The summed E-state index contributed by atoms with van der Waals surface area (Å²) in [6.45, 7) is 3.54. The second-order valence-electron chi connectivity index (χ2n) is 9.83. The summed E-state index contributed by atoms with van der Waals surface area (Å²) in [4.78, 5) is 15.5. The lowest BCUT2D eigenvalue weighted by atomic mass is 9.78. The fourth-order valence-electron chi connectivity index (χ4n) is 5.89. The Kier molecular flexibility index (Phi) is 5.03. The molecule has 1 aliphatic carbocycles. The van der Waals surface area contributed by atoms with Gasteiger partial charge in [-0.25, -0.2) is 4.39 Å². The van der Waals surface area contributed by atoms with Crippen molar-refractivity contribution >= 4 is 27.5 Å². The number of rotatable bonds is 4. The molecule has 2 aromatic carbocycles. The van der Waals surface area contributed by atoms with E-state index in [-0.39, 0.29) is 34.5 Å². The number of aryl methyl sites for hydroxylation is 1. The molecule has 0 radical (unpaired) electrons. The molecule has 0 bridgehead atoms. The Morgan fingerprint density at radius 1 is 1.23 bits per heavy atom. The maximum atomic E-state index is 16.1. The molecule has 4 aromatic rings. The van der Waals surface area contributed by atoms with E-state index in [2.05, 4.69) is 19.9 Å². The number of methoxy groups -OCH3 is 1.